The number of nitrogens with one attached hydrogen (secondary N) is 3. The van der Waals surface area contributed by atoms with Crippen molar-refractivity contribution in [3.05, 3.63) is 56.8 Å². The normalized spacial score (nSPS) is 13.2. The van der Waals surface area contributed by atoms with Gasteiger partial charge in [-0.25, -0.2) is 4.99 Å². The zero-order chi connectivity index (χ0) is 19.7. The molecule has 4 N–H and O–H groups in total. The van der Waals surface area contributed by atoms with Crippen molar-refractivity contribution in [2.45, 2.75) is 19.4 Å². The van der Waals surface area contributed by atoms with Crippen LogP contribution in [-0.4, -0.2) is 42.2 Å². The molecule has 0 saturated heterocycles. The van der Waals surface area contributed by atoms with Crippen LogP contribution in [0.25, 0.3) is 0 Å². The van der Waals surface area contributed by atoms with E-state index in [1.165, 1.54) is 17.4 Å². The van der Waals surface area contributed by atoms with E-state index >= 15 is 0 Å². The number of hydrogen-bond donors (Lipinski definition) is 4. The van der Waals surface area contributed by atoms with E-state index in [2.05, 4.69) is 20.9 Å². The number of nitro groups is 1. The molecule has 0 saturated carbocycles. The first kappa shape index (κ1) is 24.1. The molecule has 1 atom stereocenters. The van der Waals surface area contributed by atoms with E-state index in [9.17, 15) is 15.2 Å². The van der Waals surface area contributed by atoms with Crippen LogP contribution in [0.4, 0.5) is 11.4 Å². The van der Waals surface area contributed by atoms with Gasteiger partial charge in [0.1, 0.15) is 11.3 Å². The van der Waals surface area contributed by atoms with Crippen molar-refractivity contribution in [3.8, 4) is 0 Å². The second-order valence-electron chi connectivity index (χ2n) is 6.07. The number of nitrogens with zero attached hydrogens (tertiary/aromatic N) is 2. The fraction of sp³-hybridized carbons (Fsp3) is 0.389. The van der Waals surface area contributed by atoms with Crippen LogP contribution in [0.3, 0.4) is 0 Å². The van der Waals surface area contributed by atoms with Gasteiger partial charge in [-0.2, -0.15) is 0 Å². The van der Waals surface area contributed by atoms with Crippen molar-refractivity contribution in [2.24, 2.45) is 4.99 Å². The summed E-state index contributed by atoms with van der Waals surface area (Å²) < 4.78 is 0. The van der Waals surface area contributed by atoms with Gasteiger partial charge in [-0.15, -0.1) is 35.3 Å². The Morgan fingerprint density at radius 3 is 2.64 bits per heavy atom. The number of para-hydroxylation sites is 2. The van der Waals surface area contributed by atoms with Crippen LogP contribution in [0.5, 0.6) is 0 Å². The topological polar surface area (TPSA) is 112 Å². The van der Waals surface area contributed by atoms with Crippen molar-refractivity contribution < 1.29 is 10.0 Å². The molecule has 154 valence electrons. The number of anilines is 1. The van der Waals surface area contributed by atoms with Crippen LogP contribution in [0, 0.1) is 10.1 Å². The van der Waals surface area contributed by atoms with Gasteiger partial charge < -0.3 is 21.1 Å². The highest BCUT2D eigenvalue weighted by Gasteiger charge is 2.24. The van der Waals surface area contributed by atoms with E-state index in [4.69, 9.17) is 0 Å². The summed E-state index contributed by atoms with van der Waals surface area (Å²) in [6, 6.07) is 10.3. The molecular formula is C18H26IN5O3S. The zero-order valence-corrected chi connectivity index (χ0v) is 19.0. The van der Waals surface area contributed by atoms with Crippen molar-refractivity contribution in [3.63, 3.8) is 0 Å². The predicted octanol–water partition coefficient (Wildman–Crippen LogP) is 3.15. The van der Waals surface area contributed by atoms with E-state index in [-0.39, 0.29) is 36.2 Å². The lowest BCUT2D eigenvalue weighted by molar-refractivity contribution is -0.384. The highest BCUT2D eigenvalue weighted by molar-refractivity contribution is 14.0. The first-order valence-corrected chi connectivity index (χ1v) is 9.58. The number of nitro benzene ring substituents is 1. The molecule has 0 aliphatic rings. The third kappa shape index (κ3) is 7.24. The van der Waals surface area contributed by atoms with E-state index < -0.39 is 10.5 Å². The van der Waals surface area contributed by atoms with Crippen molar-refractivity contribution in [1.82, 2.24) is 10.6 Å². The van der Waals surface area contributed by atoms with Gasteiger partial charge in [-0.1, -0.05) is 18.2 Å². The molecule has 0 radical (unpaired) electrons. The maximum absolute atomic E-state index is 11.0. The average molecular weight is 519 g/mol. The highest BCUT2D eigenvalue weighted by Crippen LogP contribution is 2.25. The molecular weight excluding hydrogens is 493 g/mol. The summed E-state index contributed by atoms with van der Waals surface area (Å²) in [7, 11) is 0. The minimum Gasteiger partial charge on any atom is -0.383 e. The number of aliphatic imine (C=N–C) groups is 1. The molecule has 1 heterocycles. The third-order valence-electron chi connectivity index (χ3n) is 3.77. The van der Waals surface area contributed by atoms with Gasteiger partial charge in [0.2, 0.25) is 0 Å². The molecule has 0 bridgehead atoms. The molecule has 2 aromatic rings. The summed E-state index contributed by atoms with van der Waals surface area (Å²) >= 11 is 1.49. The molecule has 0 aliphatic carbocycles. The number of guanidine groups is 1. The molecule has 8 nitrogen and oxygen atoms in total. The van der Waals surface area contributed by atoms with Gasteiger partial charge in [-0.05, 0) is 31.4 Å². The lowest BCUT2D eigenvalue weighted by Crippen LogP contribution is -2.40. The fourth-order valence-electron chi connectivity index (χ4n) is 2.40. The van der Waals surface area contributed by atoms with Gasteiger partial charge in [0.15, 0.2) is 5.96 Å². The Bertz CT molecular complexity index is 768. The Labute approximate surface area is 185 Å². The zero-order valence-electron chi connectivity index (χ0n) is 15.8. The first-order valence-electron chi connectivity index (χ1n) is 8.70. The van der Waals surface area contributed by atoms with Crippen molar-refractivity contribution in [1.29, 1.82) is 0 Å². The molecule has 2 rings (SSSR count). The van der Waals surface area contributed by atoms with Gasteiger partial charge in [-0.3, -0.25) is 10.1 Å². The van der Waals surface area contributed by atoms with E-state index in [1.54, 1.807) is 25.1 Å². The number of halogens is 1. The second-order valence-corrected chi connectivity index (χ2v) is 7.02. The highest BCUT2D eigenvalue weighted by atomic mass is 127. The summed E-state index contributed by atoms with van der Waals surface area (Å²) in [5, 5.41) is 32.8. The number of benzene rings is 1. The maximum atomic E-state index is 11.0. The molecule has 1 aromatic heterocycles. The third-order valence-corrected chi connectivity index (χ3v) is 4.90. The molecule has 0 amide bonds. The van der Waals surface area contributed by atoms with E-state index in [0.717, 1.165) is 4.88 Å². The van der Waals surface area contributed by atoms with Gasteiger partial charge >= 0.3 is 0 Å². The Balaban J connectivity index is 0.00000392. The standard InChI is InChI=1S/C18H25N5O3S.HI/c1-3-19-17(22-13-18(2,24)16-9-6-12-27-16)21-11-10-20-14-7-4-5-8-15(14)23(25)26;/h4-9,12,20,24H,3,10-11,13H2,1-2H3,(H2,19,21,22);1H. The van der Waals surface area contributed by atoms with Gasteiger partial charge in [0, 0.05) is 30.6 Å². The van der Waals surface area contributed by atoms with Crippen LogP contribution in [-0.2, 0) is 5.60 Å². The molecule has 1 unspecified atom stereocenters. The molecule has 10 heteroatoms. The summed E-state index contributed by atoms with van der Waals surface area (Å²) in [4.78, 5) is 15.9. The first-order chi connectivity index (χ1) is 12.9. The Morgan fingerprint density at radius 1 is 1.25 bits per heavy atom. The van der Waals surface area contributed by atoms with Crippen molar-refractivity contribution >= 4 is 52.6 Å². The Morgan fingerprint density at radius 2 is 2.00 bits per heavy atom. The number of rotatable bonds is 9. The monoisotopic (exact) mass is 519 g/mol. The van der Waals surface area contributed by atoms with Crippen LogP contribution in [0.2, 0.25) is 0 Å². The Kier molecular flexibility index (Phi) is 10.2. The second kappa shape index (κ2) is 11.8. The minimum atomic E-state index is -1.03. The number of hydrogen-bond acceptors (Lipinski definition) is 6. The van der Waals surface area contributed by atoms with Crippen LogP contribution >= 0.6 is 35.3 Å². The summed E-state index contributed by atoms with van der Waals surface area (Å²) in [5.41, 5.74) is -0.503. The lowest BCUT2D eigenvalue weighted by Gasteiger charge is -2.20. The molecule has 0 spiro atoms. The Hall–Kier alpha value is -1.92. The van der Waals surface area contributed by atoms with Crippen LogP contribution in [0.15, 0.2) is 46.8 Å². The smallest absolute Gasteiger partial charge is 0.292 e. The van der Waals surface area contributed by atoms with Gasteiger partial charge in [0.25, 0.3) is 5.69 Å². The van der Waals surface area contributed by atoms with Gasteiger partial charge in [0.05, 0.1) is 11.5 Å². The fourth-order valence-corrected chi connectivity index (χ4v) is 3.18. The van der Waals surface area contributed by atoms with Crippen LogP contribution < -0.4 is 16.0 Å². The lowest BCUT2D eigenvalue weighted by atomic mass is 10.1. The number of aliphatic hydroxyl groups is 1. The SMILES string of the molecule is CCNC(=NCC(C)(O)c1cccs1)NCCNc1ccccc1[N+](=O)[O-].I. The number of thiophene rings is 1. The van der Waals surface area contributed by atoms with Crippen LogP contribution in [0.1, 0.15) is 18.7 Å². The molecule has 0 fully saturated rings. The quantitative estimate of drug-likeness (QED) is 0.101. The average Bonchev–Trinajstić information content (AvgIpc) is 3.19. The minimum absolute atomic E-state index is 0. The maximum Gasteiger partial charge on any atom is 0.292 e. The summed E-state index contributed by atoms with van der Waals surface area (Å²) in [6.45, 7) is 5.60. The summed E-state index contributed by atoms with van der Waals surface area (Å²) in [5.74, 6) is 0.582. The summed E-state index contributed by atoms with van der Waals surface area (Å²) in [6.07, 6.45) is 0. The van der Waals surface area contributed by atoms with E-state index in [1.807, 2.05) is 24.4 Å². The molecule has 0 aliphatic heterocycles. The molecule has 28 heavy (non-hydrogen) atoms. The van der Waals surface area contributed by atoms with Crippen molar-refractivity contribution in [2.75, 3.05) is 31.5 Å². The predicted molar refractivity (Wildman–Crippen MR) is 125 cm³/mol. The largest absolute Gasteiger partial charge is 0.383 e. The van der Waals surface area contributed by atoms with E-state index in [0.29, 0.717) is 31.3 Å². The molecule has 1 aromatic carbocycles.